The summed E-state index contributed by atoms with van der Waals surface area (Å²) in [5.41, 5.74) is 1.02. The van der Waals surface area contributed by atoms with E-state index < -0.39 is 0 Å². The Bertz CT molecular complexity index is 651. The van der Waals surface area contributed by atoms with E-state index in [1.807, 2.05) is 0 Å². The average molecular weight is 429 g/mol. The number of rotatable bonds is 6. The highest BCUT2D eigenvalue weighted by Crippen LogP contribution is 2.68. The number of carbonyl (C=O) groups is 1. The molecule has 10 atom stereocenters. The highest BCUT2D eigenvalue weighted by molar-refractivity contribution is 5.82. The van der Waals surface area contributed by atoms with Crippen LogP contribution < -0.4 is 0 Å². The number of carbonyl (C=O) groups excluding carboxylic acids is 1. The molecule has 31 heavy (non-hydrogen) atoms. The Balaban J connectivity index is 1.47. The van der Waals surface area contributed by atoms with Crippen LogP contribution in [0.1, 0.15) is 119 Å². The standard InChI is InChI=1S/C30H52O/c1-8-22(19(2)3)10-9-20(4)24-13-14-26-23-11-12-25-21(5)28(31)16-18-30(25,7)27(23)15-17-29(24,26)6/h19-27H,8-18H2,1-7H3/t20-,21+,22-,23+,24-,25-,26+,27-,29-,30+/m1/s1. The molecule has 0 N–H and O–H groups in total. The molecule has 0 aliphatic heterocycles. The summed E-state index contributed by atoms with van der Waals surface area (Å²) in [6.07, 6.45) is 14.9. The highest BCUT2D eigenvalue weighted by atomic mass is 16.1. The van der Waals surface area contributed by atoms with E-state index in [2.05, 4.69) is 48.5 Å². The molecular weight excluding hydrogens is 376 g/mol. The normalized spacial score (nSPS) is 46.9. The molecule has 1 heteroatoms. The van der Waals surface area contributed by atoms with Crippen molar-refractivity contribution in [1.82, 2.24) is 0 Å². The molecule has 0 bridgehead atoms. The highest BCUT2D eigenvalue weighted by Gasteiger charge is 2.61. The second-order valence-electron chi connectivity index (χ2n) is 13.5. The van der Waals surface area contributed by atoms with Crippen LogP contribution in [-0.4, -0.2) is 5.78 Å². The molecule has 4 fully saturated rings. The fourth-order valence-corrected chi connectivity index (χ4v) is 10.2. The molecule has 0 heterocycles. The molecule has 0 amide bonds. The maximum Gasteiger partial charge on any atom is 0.136 e. The van der Waals surface area contributed by atoms with Gasteiger partial charge in [-0.1, -0.05) is 61.3 Å². The third-order valence-corrected chi connectivity index (χ3v) is 12.2. The largest absolute Gasteiger partial charge is 0.299 e. The van der Waals surface area contributed by atoms with E-state index in [0.29, 0.717) is 28.4 Å². The summed E-state index contributed by atoms with van der Waals surface area (Å²) in [7, 11) is 0. The average Bonchev–Trinajstić information content (AvgIpc) is 3.08. The molecule has 0 saturated heterocycles. The minimum atomic E-state index is 0.317. The predicted octanol–water partition coefficient (Wildman–Crippen LogP) is 8.56. The summed E-state index contributed by atoms with van der Waals surface area (Å²) < 4.78 is 0. The van der Waals surface area contributed by atoms with Crippen LogP contribution in [0.15, 0.2) is 0 Å². The Morgan fingerprint density at radius 2 is 1.55 bits per heavy atom. The van der Waals surface area contributed by atoms with Crippen molar-refractivity contribution in [2.45, 2.75) is 119 Å². The Morgan fingerprint density at radius 1 is 0.871 bits per heavy atom. The van der Waals surface area contributed by atoms with Crippen molar-refractivity contribution < 1.29 is 4.79 Å². The van der Waals surface area contributed by atoms with Crippen LogP contribution in [0, 0.1) is 64.1 Å². The van der Waals surface area contributed by atoms with Gasteiger partial charge >= 0.3 is 0 Å². The fourth-order valence-electron chi connectivity index (χ4n) is 10.2. The van der Waals surface area contributed by atoms with Crippen LogP contribution >= 0.6 is 0 Å². The van der Waals surface area contributed by atoms with Crippen LogP contribution in [0.3, 0.4) is 0 Å². The molecule has 1 nitrogen and oxygen atoms in total. The van der Waals surface area contributed by atoms with E-state index in [0.717, 1.165) is 47.8 Å². The van der Waals surface area contributed by atoms with Gasteiger partial charge in [-0.2, -0.15) is 0 Å². The van der Waals surface area contributed by atoms with Gasteiger partial charge in [-0.25, -0.2) is 0 Å². The van der Waals surface area contributed by atoms with Gasteiger partial charge in [0.1, 0.15) is 5.78 Å². The molecule has 0 aromatic heterocycles. The summed E-state index contributed by atoms with van der Waals surface area (Å²) in [6.45, 7) is 17.4. The molecule has 178 valence electrons. The van der Waals surface area contributed by atoms with E-state index in [4.69, 9.17) is 0 Å². The minimum absolute atomic E-state index is 0.317. The van der Waals surface area contributed by atoms with Gasteiger partial charge in [0.15, 0.2) is 0 Å². The number of hydrogen-bond donors (Lipinski definition) is 0. The summed E-state index contributed by atoms with van der Waals surface area (Å²) >= 11 is 0. The summed E-state index contributed by atoms with van der Waals surface area (Å²) in [4.78, 5) is 12.5. The first-order chi connectivity index (χ1) is 14.6. The van der Waals surface area contributed by atoms with Crippen molar-refractivity contribution in [2.75, 3.05) is 0 Å². The zero-order valence-corrected chi connectivity index (χ0v) is 21.9. The first kappa shape index (κ1) is 23.8. The topological polar surface area (TPSA) is 17.1 Å². The van der Waals surface area contributed by atoms with E-state index in [9.17, 15) is 4.79 Å². The molecule has 0 aromatic carbocycles. The van der Waals surface area contributed by atoms with Crippen LogP contribution in [0.5, 0.6) is 0 Å². The maximum absolute atomic E-state index is 12.5. The van der Waals surface area contributed by atoms with Crippen molar-refractivity contribution in [3.05, 3.63) is 0 Å². The SMILES string of the molecule is CC[C@H](CC[C@@H](C)[C@H]1CC[C@H]2[C@@H]3CC[C@@H]4[C@H](C)C(=O)CC[C@]4(C)[C@@H]3CC[C@]12C)C(C)C. The quantitative estimate of drug-likeness (QED) is 0.414. The molecule has 0 unspecified atom stereocenters. The minimum Gasteiger partial charge on any atom is -0.299 e. The second kappa shape index (κ2) is 8.79. The van der Waals surface area contributed by atoms with Crippen molar-refractivity contribution in [3.8, 4) is 0 Å². The third kappa shape index (κ3) is 3.86. The summed E-state index contributed by atoms with van der Waals surface area (Å²) in [5.74, 6) is 7.90. The molecule has 4 saturated carbocycles. The van der Waals surface area contributed by atoms with Crippen LogP contribution in [0.2, 0.25) is 0 Å². The monoisotopic (exact) mass is 428 g/mol. The molecule has 4 aliphatic carbocycles. The predicted molar refractivity (Wildman–Crippen MR) is 132 cm³/mol. The molecule has 0 aromatic rings. The summed E-state index contributed by atoms with van der Waals surface area (Å²) in [5, 5.41) is 0. The van der Waals surface area contributed by atoms with Crippen molar-refractivity contribution in [3.63, 3.8) is 0 Å². The van der Waals surface area contributed by atoms with Crippen LogP contribution in [-0.2, 0) is 4.79 Å². The summed E-state index contributed by atoms with van der Waals surface area (Å²) in [6, 6.07) is 0. The third-order valence-electron chi connectivity index (χ3n) is 12.2. The van der Waals surface area contributed by atoms with Gasteiger partial charge in [-0.05, 0) is 110 Å². The number of fused-ring (bicyclic) bond motifs is 5. The number of hydrogen-bond acceptors (Lipinski definition) is 1. The fraction of sp³-hybridized carbons (Fsp3) is 0.967. The zero-order chi connectivity index (χ0) is 22.6. The van der Waals surface area contributed by atoms with Crippen molar-refractivity contribution >= 4 is 5.78 Å². The van der Waals surface area contributed by atoms with Gasteiger partial charge in [0, 0.05) is 12.3 Å². The Morgan fingerprint density at radius 3 is 2.23 bits per heavy atom. The van der Waals surface area contributed by atoms with Crippen molar-refractivity contribution in [1.29, 1.82) is 0 Å². The Hall–Kier alpha value is -0.330. The Labute approximate surface area is 193 Å². The van der Waals surface area contributed by atoms with E-state index in [-0.39, 0.29) is 0 Å². The van der Waals surface area contributed by atoms with Crippen LogP contribution in [0.25, 0.3) is 0 Å². The van der Waals surface area contributed by atoms with E-state index in [1.54, 1.807) is 0 Å². The first-order valence-corrected chi connectivity index (χ1v) is 14.2. The Kier molecular flexibility index (Phi) is 6.75. The lowest BCUT2D eigenvalue weighted by Gasteiger charge is -2.61. The van der Waals surface area contributed by atoms with Gasteiger partial charge < -0.3 is 0 Å². The number of ketones is 1. The molecule has 0 radical (unpaired) electrons. The first-order valence-electron chi connectivity index (χ1n) is 14.2. The lowest BCUT2D eigenvalue weighted by molar-refractivity contribution is -0.150. The smallest absolute Gasteiger partial charge is 0.136 e. The van der Waals surface area contributed by atoms with Crippen molar-refractivity contribution in [2.24, 2.45) is 64.1 Å². The molecule has 4 rings (SSSR count). The maximum atomic E-state index is 12.5. The lowest BCUT2D eigenvalue weighted by Crippen LogP contribution is -2.55. The van der Waals surface area contributed by atoms with Gasteiger partial charge in [-0.3, -0.25) is 4.79 Å². The van der Waals surface area contributed by atoms with Crippen LogP contribution in [0.4, 0.5) is 0 Å². The van der Waals surface area contributed by atoms with Gasteiger partial charge in [0.2, 0.25) is 0 Å². The molecule has 4 aliphatic rings. The molecule has 0 spiro atoms. The zero-order valence-electron chi connectivity index (χ0n) is 21.9. The number of Topliss-reactive ketones (excluding diaryl/α,β-unsaturated/α-hetero) is 1. The second-order valence-corrected chi connectivity index (χ2v) is 13.5. The van der Waals surface area contributed by atoms with E-state index >= 15 is 0 Å². The lowest BCUT2D eigenvalue weighted by atomic mass is 9.43. The van der Waals surface area contributed by atoms with Gasteiger partial charge in [0.25, 0.3) is 0 Å². The van der Waals surface area contributed by atoms with Gasteiger partial charge in [-0.15, -0.1) is 0 Å². The molecular formula is C30H52O. The van der Waals surface area contributed by atoms with Gasteiger partial charge in [0.05, 0.1) is 0 Å². The van der Waals surface area contributed by atoms with E-state index in [1.165, 1.54) is 64.2 Å².